The van der Waals surface area contributed by atoms with Gasteiger partial charge >= 0.3 is 0 Å². The molecule has 1 atom stereocenters. The van der Waals surface area contributed by atoms with Crippen molar-refractivity contribution < 1.29 is 8.42 Å². The van der Waals surface area contributed by atoms with E-state index in [1.54, 1.807) is 0 Å². The number of hydrogen-bond acceptors (Lipinski definition) is 7. The number of sulfone groups is 1. The van der Waals surface area contributed by atoms with Crippen molar-refractivity contribution in [1.29, 1.82) is 0 Å². The van der Waals surface area contributed by atoms with Crippen LogP contribution in [0.1, 0.15) is 47.7 Å². The minimum Gasteiger partial charge on any atom is -0.350 e. The number of aryl methyl sites for hydroxylation is 2. The number of anilines is 1. The van der Waals surface area contributed by atoms with Gasteiger partial charge in [0.25, 0.3) is 0 Å². The highest BCUT2D eigenvalue weighted by atomic mass is 35.5. The van der Waals surface area contributed by atoms with Crippen LogP contribution in [0.3, 0.4) is 0 Å². The number of pyridine rings is 1. The highest BCUT2D eigenvalue weighted by Gasteiger charge is 2.25. The molecule has 0 saturated carbocycles. The van der Waals surface area contributed by atoms with Gasteiger partial charge in [-0.25, -0.2) is 18.4 Å². The van der Waals surface area contributed by atoms with Crippen LogP contribution in [0.25, 0.3) is 0 Å². The van der Waals surface area contributed by atoms with Crippen molar-refractivity contribution in [1.82, 2.24) is 20.3 Å². The second-order valence-corrected chi connectivity index (χ2v) is 9.40. The molecule has 2 aliphatic rings. The molecular formula is C19H27Cl2N5O2S. The van der Waals surface area contributed by atoms with Gasteiger partial charge < -0.3 is 10.6 Å². The number of aromatic nitrogens is 3. The van der Waals surface area contributed by atoms with Crippen molar-refractivity contribution in [3.05, 3.63) is 41.0 Å². The molecule has 10 heteroatoms. The number of halogens is 2. The summed E-state index contributed by atoms with van der Waals surface area (Å²) in [6, 6.07) is 2.19. The number of piperidine rings is 1. The second-order valence-electron chi connectivity index (χ2n) is 7.42. The summed E-state index contributed by atoms with van der Waals surface area (Å²) in [4.78, 5) is 13.6. The highest BCUT2D eigenvalue weighted by molar-refractivity contribution is 7.90. The largest absolute Gasteiger partial charge is 0.350 e. The molecular weight excluding hydrogens is 433 g/mol. The lowest BCUT2D eigenvalue weighted by atomic mass is 9.96. The zero-order chi connectivity index (χ0) is 18.9. The van der Waals surface area contributed by atoms with Crippen LogP contribution in [0.2, 0.25) is 0 Å². The fraction of sp³-hybridized carbons (Fsp3) is 0.526. The van der Waals surface area contributed by atoms with Crippen molar-refractivity contribution in [3.8, 4) is 0 Å². The van der Waals surface area contributed by atoms with Crippen LogP contribution < -0.4 is 10.6 Å². The summed E-state index contributed by atoms with van der Waals surface area (Å²) in [6.45, 7) is 2.28. The van der Waals surface area contributed by atoms with Crippen molar-refractivity contribution in [2.75, 3.05) is 24.7 Å². The summed E-state index contributed by atoms with van der Waals surface area (Å²) in [5, 5.41) is 6.56. The maximum absolute atomic E-state index is 12.2. The van der Waals surface area contributed by atoms with Crippen molar-refractivity contribution in [2.45, 2.75) is 49.5 Å². The Hall–Kier alpha value is -1.48. The van der Waals surface area contributed by atoms with Crippen LogP contribution in [0, 0.1) is 0 Å². The van der Waals surface area contributed by atoms with E-state index in [-0.39, 0.29) is 35.6 Å². The van der Waals surface area contributed by atoms with Crippen molar-refractivity contribution >= 4 is 40.6 Å². The Bertz CT molecular complexity index is 950. The van der Waals surface area contributed by atoms with Crippen LogP contribution in [0.15, 0.2) is 23.4 Å². The van der Waals surface area contributed by atoms with Gasteiger partial charge in [-0.2, -0.15) is 0 Å². The maximum atomic E-state index is 12.2. The quantitative estimate of drug-likeness (QED) is 0.708. The number of rotatable bonds is 5. The zero-order valence-electron chi connectivity index (χ0n) is 16.3. The van der Waals surface area contributed by atoms with E-state index in [1.165, 1.54) is 30.1 Å². The number of nitrogens with one attached hydrogen (secondary N) is 2. The number of hydrogen-bond donors (Lipinski definition) is 2. The third-order valence-corrected chi connectivity index (χ3v) is 6.41. The van der Waals surface area contributed by atoms with Gasteiger partial charge in [-0.1, -0.05) is 6.07 Å². The summed E-state index contributed by atoms with van der Waals surface area (Å²) in [6.07, 6.45) is 9.83. The minimum atomic E-state index is -3.36. The Morgan fingerprint density at radius 1 is 1.17 bits per heavy atom. The monoisotopic (exact) mass is 459 g/mol. The zero-order valence-corrected chi connectivity index (χ0v) is 18.8. The van der Waals surface area contributed by atoms with Gasteiger partial charge in [-0.15, -0.1) is 24.8 Å². The first kappa shape index (κ1) is 23.8. The molecule has 0 amide bonds. The smallest absolute Gasteiger partial charge is 0.223 e. The first-order valence-electron chi connectivity index (χ1n) is 9.49. The van der Waals surface area contributed by atoms with Crippen LogP contribution in [0.4, 0.5) is 5.95 Å². The lowest BCUT2D eigenvalue weighted by Crippen LogP contribution is -2.30. The number of fused-ring (bicyclic) bond motifs is 1. The van der Waals surface area contributed by atoms with E-state index in [9.17, 15) is 8.42 Å². The molecule has 29 heavy (non-hydrogen) atoms. The molecule has 1 fully saturated rings. The second kappa shape index (κ2) is 10.0. The molecule has 1 aliphatic heterocycles. The van der Waals surface area contributed by atoms with Gasteiger partial charge in [-0.3, -0.25) is 4.98 Å². The Morgan fingerprint density at radius 3 is 2.72 bits per heavy atom. The van der Waals surface area contributed by atoms with Gasteiger partial charge in [0.05, 0.1) is 11.9 Å². The molecule has 160 valence electrons. The molecule has 0 aromatic carbocycles. The predicted molar refractivity (Wildman–Crippen MR) is 118 cm³/mol. The normalized spacial score (nSPS) is 18.3. The van der Waals surface area contributed by atoms with Gasteiger partial charge in [0, 0.05) is 37.2 Å². The lowest BCUT2D eigenvalue weighted by Gasteiger charge is -2.24. The minimum absolute atomic E-state index is 0. The van der Waals surface area contributed by atoms with Crippen molar-refractivity contribution in [2.24, 2.45) is 0 Å². The molecule has 4 rings (SSSR count). The third-order valence-electron chi connectivity index (χ3n) is 5.29. The predicted octanol–water partition coefficient (Wildman–Crippen LogP) is 2.69. The molecule has 1 aliphatic carbocycles. The molecule has 3 heterocycles. The van der Waals surface area contributed by atoms with E-state index in [2.05, 4.69) is 31.7 Å². The Kier molecular flexibility index (Phi) is 8.22. The van der Waals surface area contributed by atoms with Crippen LogP contribution >= 0.6 is 24.8 Å². The van der Waals surface area contributed by atoms with Gasteiger partial charge in [0.1, 0.15) is 4.90 Å². The Labute approximate surface area is 184 Å². The van der Waals surface area contributed by atoms with E-state index in [0.717, 1.165) is 44.3 Å². The third kappa shape index (κ3) is 5.57. The Morgan fingerprint density at radius 2 is 2.00 bits per heavy atom. The fourth-order valence-corrected chi connectivity index (χ4v) is 4.72. The van der Waals surface area contributed by atoms with Crippen LogP contribution in [-0.4, -0.2) is 42.7 Å². The van der Waals surface area contributed by atoms with Gasteiger partial charge in [0.2, 0.25) is 5.95 Å². The standard InChI is InChI=1S/C19H25N5O2S.2ClH/c1-27(25,26)17-12-23-19(24-18(17)15-5-3-7-20-11-15)22-10-13-8-14-4-2-6-16(14)21-9-13;;/h8-9,12,15,20H,2-7,10-11H2,1H3,(H,22,23,24);2*1H. The summed E-state index contributed by atoms with van der Waals surface area (Å²) in [5.74, 6) is 0.553. The first-order chi connectivity index (χ1) is 13.0. The highest BCUT2D eigenvalue weighted by Crippen LogP contribution is 2.28. The Balaban J connectivity index is 0.00000150. The molecule has 0 spiro atoms. The van der Waals surface area contributed by atoms with Gasteiger partial charge in [0.15, 0.2) is 9.84 Å². The molecule has 2 aromatic heterocycles. The van der Waals surface area contributed by atoms with E-state index in [4.69, 9.17) is 0 Å². The van der Waals surface area contributed by atoms with Crippen LogP contribution in [-0.2, 0) is 29.2 Å². The molecule has 1 saturated heterocycles. The van der Waals surface area contributed by atoms with E-state index < -0.39 is 9.84 Å². The van der Waals surface area contributed by atoms with Crippen LogP contribution in [0.5, 0.6) is 0 Å². The molecule has 0 bridgehead atoms. The summed E-state index contributed by atoms with van der Waals surface area (Å²) in [5.41, 5.74) is 4.25. The molecule has 0 radical (unpaired) electrons. The lowest BCUT2D eigenvalue weighted by molar-refractivity contribution is 0.448. The topological polar surface area (TPSA) is 96.9 Å². The van der Waals surface area contributed by atoms with E-state index in [1.807, 2.05) is 6.20 Å². The SMILES string of the molecule is CS(=O)(=O)c1cnc(NCc2cnc3c(c2)CCC3)nc1C1CCCNC1.Cl.Cl. The van der Waals surface area contributed by atoms with Crippen molar-refractivity contribution in [3.63, 3.8) is 0 Å². The molecule has 2 N–H and O–H groups in total. The maximum Gasteiger partial charge on any atom is 0.223 e. The molecule has 7 nitrogen and oxygen atoms in total. The van der Waals surface area contributed by atoms with Gasteiger partial charge in [-0.05, 0) is 49.8 Å². The fourth-order valence-electron chi connectivity index (χ4n) is 3.89. The molecule has 1 unspecified atom stereocenters. The average molecular weight is 460 g/mol. The molecule has 2 aromatic rings. The number of nitrogens with zero attached hydrogens (tertiary/aromatic N) is 3. The van der Waals surface area contributed by atoms with E-state index >= 15 is 0 Å². The van der Waals surface area contributed by atoms with E-state index in [0.29, 0.717) is 18.2 Å². The summed E-state index contributed by atoms with van der Waals surface area (Å²) >= 11 is 0. The first-order valence-corrected chi connectivity index (χ1v) is 11.4. The average Bonchev–Trinajstić information content (AvgIpc) is 3.14. The summed E-state index contributed by atoms with van der Waals surface area (Å²) in [7, 11) is -3.36. The summed E-state index contributed by atoms with van der Waals surface area (Å²) < 4.78 is 24.3.